The van der Waals surface area contributed by atoms with Crippen LogP contribution in [0.15, 0.2) is 18.2 Å². The zero-order valence-corrected chi connectivity index (χ0v) is 11.6. The van der Waals surface area contributed by atoms with Crippen molar-refractivity contribution in [1.82, 2.24) is 5.32 Å². The molecule has 1 unspecified atom stereocenters. The van der Waals surface area contributed by atoms with Crippen molar-refractivity contribution in [3.8, 4) is 0 Å². The highest BCUT2D eigenvalue weighted by molar-refractivity contribution is 7.99. The van der Waals surface area contributed by atoms with Crippen LogP contribution in [-0.2, 0) is 4.79 Å². The van der Waals surface area contributed by atoms with Gasteiger partial charge in [0.05, 0.1) is 11.6 Å². The Kier molecular flexibility index (Phi) is 4.68. The molecule has 1 aliphatic heterocycles. The maximum atomic E-state index is 12.0. The van der Waals surface area contributed by atoms with Crippen molar-refractivity contribution < 1.29 is 14.7 Å². The third kappa shape index (κ3) is 3.86. The number of hydrogen-bond acceptors (Lipinski definition) is 4. The van der Waals surface area contributed by atoms with Gasteiger partial charge in [0.2, 0.25) is 5.91 Å². The Morgan fingerprint density at radius 2 is 2.21 bits per heavy atom. The fourth-order valence-corrected chi connectivity index (χ4v) is 2.92. The number of amides is 1. The van der Waals surface area contributed by atoms with Crippen LogP contribution in [0.2, 0.25) is 5.02 Å². The van der Waals surface area contributed by atoms with Crippen molar-refractivity contribution in [2.24, 2.45) is 0 Å². The van der Waals surface area contributed by atoms with E-state index < -0.39 is 5.97 Å². The number of carbonyl (C=O) groups excluding carboxylic acids is 1. The zero-order valence-electron chi connectivity index (χ0n) is 9.98. The fourth-order valence-electron chi connectivity index (χ4n) is 1.75. The van der Waals surface area contributed by atoms with Gasteiger partial charge >= 0.3 is 5.97 Å². The first-order valence-corrected chi connectivity index (χ1v) is 7.25. The smallest absolute Gasteiger partial charge is 0.335 e. The molecule has 19 heavy (non-hydrogen) atoms. The van der Waals surface area contributed by atoms with Gasteiger partial charge in [-0.05, 0) is 18.2 Å². The Labute approximate surface area is 119 Å². The molecule has 1 atom stereocenters. The number of carboxylic acid groups (broad SMARTS) is 1. The molecule has 0 spiro atoms. The number of halogens is 1. The first kappa shape index (κ1) is 14.2. The Balaban J connectivity index is 2.09. The molecular weight excluding hydrogens is 288 g/mol. The zero-order chi connectivity index (χ0) is 13.8. The van der Waals surface area contributed by atoms with Crippen molar-refractivity contribution in [2.45, 2.75) is 6.04 Å². The quantitative estimate of drug-likeness (QED) is 0.791. The molecule has 1 aliphatic rings. The van der Waals surface area contributed by atoms with Crippen LogP contribution < -0.4 is 10.6 Å². The van der Waals surface area contributed by atoms with Gasteiger partial charge < -0.3 is 15.7 Å². The van der Waals surface area contributed by atoms with E-state index in [1.54, 1.807) is 11.8 Å². The first-order chi connectivity index (χ1) is 9.06. The number of carbonyl (C=O) groups is 2. The topological polar surface area (TPSA) is 78.4 Å². The molecular formula is C12H13ClN2O3S. The molecule has 0 saturated carbocycles. The van der Waals surface area contributed by atoms with E-state index in [0.717, 1.165) is 12.3 Å². The summed E-state index contributed by atoms with van der Waals surface area (Å²) in [5, 5.41) is 15.0. The SMILES string of the molecule is O=C(O)c1cc(Cl)cc(NC(=O)C2CSCCN2)c1. The lowest BCUT2D eigenvalue weighted by molar-refractivity contribution is -0.117. The van der Waals surface area contributed by atoms with E-state index in [9.17, 15) is 9.59 Å². The second kappa shape index (κ2) is 6.27. The summed E-state index contributed by atoms with van der Waals surface area (Å²) in [6, 6.07) is 4.00. The molecule has 1 aromatic carbocycles. The maximum absolute atomic E-state index is 12.0. The van der Waals surface area contributed by atoms with Gasteiger partial charge in [-0.2, -0.15) is 11.8 Å². The number of anilines is 1. The summed E-state index contributed by atoms with van der Waals surface area (Å²) in [5.41, 5.74) is 0.445. The molecule has 0 aliphatic carbocycles. The first-order valence-electron chi connectivity index (χ1n) is 5.72. The second-order valence-corrected chi connectivity index (χ2v) is 5.69. The molecule has 0 radical (unpaired) electrons. The van der Waals surface area contributed by atoms with Gasteiger partial charge in [0.1, 0.15) is 0 Å². The molecule has 1 aromatic rings. The third-order valence-corrected chi connectivity index (χ3v) is 3.93. The number of nitrogens with one attached hydrogen (secondary N) is 2. The minimum absolute atomic E-state index is 0.0498. The lowest BCUT2D eigenvalue weighted by atomic mass is 10.2. The molecule has 102 valence electrons. The maximum Gasteiger partial charge on any atom is 0.335 e. The highest BCUT2D eigenvalue weighted by Gasteiger charge is 2.21. The molecule has 5 nitrogen and oxygen atoms in total. The van der Waals surface area contributed by atoms with Gasteiger partial charge in [0, 0.05) is 28.8 Å². The van der Waals surface area contributed by atoms with Crippen LogP contribution in [0.3, 0.4) is 0 Å². The molecule has 0 bridgehead atoms. The lowest BCUT2D eigenvalue weighted by Gasteiger charge is -2.22. The van der Waals surface area contributed by atoms with Crippen LogP contribution in [0, 0.1) is 0 Å². The Hall–Kier alpha value is -1.24. The molecule has 1 amide bonds. The van der Waals surface area contributed by atoms with Crippen molar-refractivity contribution in [3.05, 3.63) is 28.8 Å². The average molecular weight is 301 g/mol. The monoisotopic (exact) mass is 300 g/mol. The Morgan fingerprint density at radius 1 is 1.42 bits per heavy atom. The minimum atomic E-state index is -1.08. The molecule has 2 rings (SSSR count). The van der Waals surface area contributed by atoms with Gasteiger partial charge in [0.15, 0.2) is 0 Å². The highest BCUT2D eigenvalue weighted by Crippen LogP contribution is 2.20. The minimum Gasteiger partial charge on any atom is -0.478 e. The number of carboxylic acids is 1. The van der Waals surface area contributed by atoms with Gasteiger partial charge in [-0.25, -0.2) is 4.79 Å². The number of benzene rings is 1. The standard InChI is InChI=1S/C12H13ClN2O3S/c13-8-3-7(12(17)18)4-9(5-8)15-11(16)10-6-19-2-1-14-10/h3-5,10,14H,1-2,6H2,(H,15,16)(H,17,18). The van der Waals surface area contributed by atoms with Crippen molar-refractivity contribution in [1.29, 1.82) is 0 Å². The Morgan fingerprint density at radius 3 is 2.84 bits per heavy atom. The summed E-state index contributed by atoms with van der Waals surface area (Å²) < 4.78 is 0. The Bertz CT molecular complexity index is 504. The summed E-state index contributed by atoms with van der Waals surface area (Å²) in [5.74, 6) is 0.442. The molecule has 7 heteroatoms. The fraction of sp³-hybridized carbons (Fsp3) is 0.333. The summed E-state index contributed by atoms with van der Waals surface area (Å²) >= 11 is 7.54. The normalized spacial score (nSPS) is 18.9. The number of hydrogen-bond donors (Lipinski definition) is 3. The van der Waals surface area contributed by atoms with E-state index in [1.807, 2.05) is 0 Å². The predicted molar refractivity (Wildman–Crippen MR) is 76.2 cm³/mol. The van der Waals surface area contributed by atoms with E-state index in [-0.39, 0.29) is 22.5 Å². The summed E-state index contributed by atoms with van der Waals surface area (Å²) in [6.45, 7) is 0.790. The molecule has 1 fully saturated rings. The summed E-state index contributed by atoms with van der Waals surface area (Å²) in [7, 11) is 0. The molecule has 1 heterocycles. The van der Waals surface area contributed by atoms with Crippen LogP contribution in [0.1, 0.15) is 10.4 Å². The van der Waals surface area contributed by atoms with E-state index >= 15 is 0 Å². The predicted octanol–water partition coefficient (Wildman–Crippen LogP) is 1.68. The van der Waals surface area contributed by atoms with Gasteiger partial charge in [-0.15, -0.1) is 0 Å². The molecule has 3 N–H and O–H groups in total. The largest absolute Gasteiger partial charge is 0.478 e. The third-order valence-electron chi connectivity index (χ3n) is 2.65. The van der Waals surface area contributed by atoms with Crippen LogP contribution >= 0.6 is 23.4 Å². The van der Waals surface area contributed by atoms with Crippen molar-refractivity contribution >= 4 is 40.9 Å². The van der Waals surface area contributed by atoms with E-state index in [4.69, 9.17) is 16.7 Å². The number of thioether (sulfide) groups is 1. The van der Waals surface area contributed by atoms with Crippen LogP contribution in [0.25, 0.3) is 0 Å². The van der Waals surface area contributed by atoms with Crippen molar-refractivity contribution in [2.75, 3.05) is 23.4 Å². The van der Waals surface area contributed by atoms with Gasteiger partial charge in [0.25, 0.3) is 0 Å². The van der Waals surface area contributed by atoms with E-state index in [1.165, 1.54) is 18.2 Å². The number of rotatable bonds is 3. The second-order valence-electron chi connectivity index (χ2n) is 4.10. The summed E-state index contributed by atoms with van der Waals surface area (Å²) in [6.07, 6.45) is 0. The number of aromatic carboxylic acids is 1. The lowest BCUT2D eigenvalue weighted by Crippen LogP contribution is -2.46. The van der Waals surface area contributed by atoms with Gasteiger partial charge in [-0.1, -0.05) is 11.6 Å². The van der Waals surface area contributed by atoms with Crippen molar-refractivity contribution in [3.63, 3.8) is 0 Å². The van der Waals surface area contributed by atoms with Crippen LogP contribution in [0.5, 0.6) is 0 Å². The van der Waals surface area contributed by atoms with E-state index in [0.29, 0.717) is 11.4 Å². The molecule has 0 aromatic heterocycles. The van der Waals surface area contributed by atoms with Crippen LogP contribution in [0.4, 0.5) is 5.69 Å². The van der Waals surface area contributed by atoms with Gasteiger partial charge in [-0.3, -0.25) is 4.79 Å². The molecule has 1 saturated heterocycles. The summed E-state index contributed by atoms with van der Waals surface area (Å²) in [4.78, 5) is 22.9. The highest BCUT2D eigenvalue weighted by atomic mass is 35.5. The van der Waals surface area contributed by atoms with Crippen LogP contribution in [-0.4, -0.2) is 41.1 Å². The average Bonchev–Trinajstić information content (AvgIpc) is 2.39. The van der Waals surface area contributed by atoms with E-state index in [2.05, 4.69) is 10.6 Å².